The summed E-state index contributed by atoms with van der Waals surface area (Å²) in [5.74, 6) is -0.0159. The number of ketones is 2. The van der Waals surface area contributed by atoms with Gasteiger partial charge in [0.05, 0.1) is 12.5 Å². The van der Waals surface area contributed by atoms with Gasteiger partial charge in [0, 0.05) is 49.4 Å². The number of aromatic nitrogens is 4. The van der Waals surface area contributed by atoms with Crippen molar-refractivity contribution in [1.29, 1.82) is 0 Å². The lowest BCUT2D eigenvalue weighted by molar-refractivity contribution is 0.0811. The first-order valence-corrected chi connectivity index (χ1v) is 19.3. The molecular weight excluding hydrogens is 647 g/mol. The fourth-order valence-corrected chi connectivity index (χ4v) is 4.36. The highest BCUT2D eigenvalue weighted by molar-refractivity contribution is 14.0. The number of carbonyl (C=O) groups excluding carboxylic acids is 2. The van der Waals surface area contributed by atoms with Gasteiger partial charge in [-0.25, -0.2) is 9.97 Å². The van der Waals surface area contributed by atoms with Gasteiger partial charge in [-0.15, -0.1) is 24.0 Å². The van der Waals surface area contributed by atoms with Gasteiger partial charge in [-0.3, -0.25) is 9.59 Å². The van der Waals surface area contributed by atoms with Crippen LogP contribution in [0.5, 0.6) is 0 Å². The quantitative estimate of drug-likeness (QED) is 0.115. The van der Waals surface area contributed by atoms with Crippen LogP contribution in [-0.4, -0.2) is 60.0 Å². The third kappa shape index (κ3) is 14.0. The zero-order valence-electron chi connectivity index (χ0n) is 21.7. The van der Waals surface area contributed by atoms with Crippen LogP contribution < -0.4 is 0 Å². The molecule has 2 aromatic rings. The van der Waals surface area contributed by atoms with E-state index in [1.165, 1.54) is 13.8 Å². The van der Waals surface area contributed by atoms with Gasteiger partial charge in [0.15, 0.2) is 16.3 Å². The number of Topliss-reactive ketones (excluding diaryl/α,β-unsaturated/α-hetero) is 2. The zero-order valence-corrected chi connectivity index (χ0v) is 27.6. The fourth-order valence-electron chi connectivity index (χ4n) is 2.45. The molecule has 34 heavy (non-hydrogen) atoms. The highest BCUT2D eigenvalue weighted by atomic mass is 127. The van der Waals surface area contributed by atoms with E-state index in [4.69, 9.17) is 9.47 Å². The summed E-state index contributed by atoms with van der Waals surface area (Å²) in [6, 6.07) is 2.27. The predicted octanol–water partition coefficient (Wildman–Crippen LogP) is 6.18. The maximum Gasteiger partial charge on any atom is 0.179 e. The average Bonchev–Trinajstić information content (AvgIpc) is 3.28. The van der Waals surface area contributed by atoms with E-state index in [-0.39, 0.29) is 35.5 Å². The Bertz CT molecular complexity index is 908. The molecule has 0 atom stereocenters. The highest BCUT2D eigenvalue weighted by Gasteiger charge is 2.14. The van der Waals surface area contributed by atoms with Crippen molar-refractivity contribution < 1.29 is 19.1 Å². The summed E-state index contributed by atoms with van der Waals surface area (Å²) < 4.78 is 15.3. The molecule has 0 aliphatic carbocycles. The average molecular weight is 688 g/mol. The first kappa shape index (κ1) is 33.3. The van der Waals surface area contributed by atoms with Crippen LogP contribution in [0, 0.1) is 0 Å². The third-order valence-corrected chi connectivity index (χ3v) is 8.66. The minimum atomic E-state index is -1.04. The molecule has 0 amide bonds. The predicted molar refractivity (Wildman–Crippen MR) is 156 cm³/mol. The van der Waals surface area contributed by atoms with E-state index in [2.05, 4.69) is 65.2 Å². The second-order valence-corrected chi connectivity index (χ2v) is 22.4. The Labute approximate surface area is 231 Å². The van der Waals surface area contributed by atoms with Crippen molar-refractivity contribution in [2.75, 3.05) is 13.2 Å². The Kier molecular flexibility index (Phi) is 15.1. The number of carbonyl (C=O) groups is 2. The van der Waals surface area contributed by atoms with Crippen molar-refractivity contribution in [3.63, 3.8) is 0 Å². The maximum atomic E-state index is 11.2. The fraction of sp³-hybridized carbons (Fsp3) is 0.636. The molecule has 0 bridgehead atoms. The standard InChI is InChI=1S/C11H19BrN2O2Si.C11H20N2O2Si.HI/c1-9(15)10-7-14(11(12)13-10)8-16-5-6-17(2,3)4;1-10(14)11-7-12-8-13(11)9-15-5-6-16(2,3)4;/h7H,5-6,8H2,1-4H3;7-8H,5-6,9H2,1-4H3;1H. The second kappa shape index (κ2) is 15.4. The van der Waals surface area contributed by atoms with Crippen LogP contribution in [0.25, 0.3) is 0 Å². The van der Waals surface area contributed by atoms with Gasteiger partial charge < -0.3 is 18.6 Å². The molecule has 0 unspecified atom stereocenters. The van der Waals surface area contributed by atoms with Crippen LogP contribution in [0.15, 0.2) is 23.5 Å². The highest BCUT2D eigenvalue weighted by Crippen LogP contribution is 2.13. The van der Waals surface area contributed by atoms with Gasteiger partial charge in [0.2, 0.25) is 0 Å². The molecule has 194 valence electrons. The summed E-state index contributed by atoms with van der Waals surface area (Å²) in [7, 11) is -2.07. The van der Waals surface area contributed by atoms with Crippen molar-refractivity contribution in [2.45, 2.75) is 78.7 Å². The first-order chi connectivity index (χ1) is 15.2. The molecule has 0 aliphatic heterocycles. The number of hydrogen-bond acceptors (Lipinski definition) is 6. The minimum Gasteiger partial charge on any atom is -0.361 e. The molecule has 0 spiro atoms. The van der Waals surface area contributed by atoms with E-state index in [1.807, 2.05) is 0 Å². The summed E-state index contributed by atoms with van der Waals surface area (Å²) in [5, 5.41) is 0. The van der Waals surface area contributed by atoms with Gasteiger partial charge in [-0.1, -0.05) is 39.3 Å². The molecule has 2 heterocycles. The van der Waals surface area contributed by atoms with Crippen molar-refractivity contribution in [1.82, 2.24) is 19.1 Å². The van der Waals surface area contributed by atoms with Gasteiger partial charge in [0.1, 0.15) is 24.8 Å². The van der Waals surface area contributed by atoms with E-state index >= 15 is 0 Å². The molecule has 12 heteroatoms. The van der Waals surface area contributed by atoms with Crippen LogP contribution in [0.4, 0.5) is 0 Å². The van der Waals surface area contributed by atoms with E-state index < -0.39 is 16.1 Å². The molecule has 8 nitrogen and oxygen atoms in total. The van der Waals surface area contributed by atoms with Gasteiger partial charge in [-0.2, -0.15) is 0 Å². The number of hydrogen-bond donors (Lipinski definition) is 0. The molecular formula is C22H40BrIN4O4Si2. The Morgan fingerprint density at radius 3 is 1.82 bits per heavy atom. The van der Waals surface area contributed by atoms with Crippen LogP contribution in [0.1, 0.15) is 34.8 Å². The largest absolute Gasteiger partial charge is 0.361 e. The summed E-state index contributed by atoms with van der Waals surface area (Å²) in [4.78, 5) is 30.4. The molecule has 0 radical (unpaired) electrons. The molecule has 0 saturated heterocycles. The Hall–Kier alpha value is -0.676. The summed E-state index contributed by atoms with van der Waals surface area (Å²) in [6.07, 6.45) is 4.91. The zero-order chi connectivity index (χ0) is 25.2. The van der Waals surface area contributed by atoms with Crippen LogP contribution in [0.2, 0.25) is 51.4 Å². The van der Waals surface area contributed by atoms with E-state index in [9.17, 15) is 9.59 Å². The summed E-state index contributed by atoms with van der Waals surface area (Å²) in [5.41, 5.74) is 1.07. The molecule has 0 fully saturated rings. The van der Waals surface area contributed by atoms with E-state index in [1.54, 1.807) is 27.9 Å². The van der Waals surface area contributed by atoms with Crippen molar-refractivity contribution in [2.24, 2.45) is 0 Å². The monoisotopic (exact) mass is 686 g/mol. The Balaban J connectivity index is 0.000000623. The molecule has 0 N–H and O–H groups in total. The number of halogens is 2. The molecule has 0 aromatic carbocycles. The lowest BCUT2D eigenvalue weighted by Crippen LogP contribution is -2.22. The van der Waals surface area contributed by atoms with Gasteiger partial charge >= 0.3 is 0 Å². The SMILES string of the molecule is CC(=O)c1cn(COCC[Si](C)(C)C)c(Br)n1.CC(=O)c1cncn1COCC[Si](C)(C)C.I. The Morgan fingerprint density at radius 1 is 0.912 bits per heavy atom. The number of ether oxygens (including phenoxy) is 2. The van der Waals surface area contributed by atoms with Gasteiger partial charge in [0.25, 0.3) is 0 Å². The lowest BCUT2D eigenvalue weighted by Gasteiger charge is -2.15. The van der Waals surface area contributed by atoms with Crippen LogP contribution in [0.3, 0.4) is 0 Å². The third-order valence-electron chi connectivity index (χ3n) is 4.62. The summed E-state index contributed by atoms with van der Waals surface area (Å²) in [6.45, 7) is 19.3. The Morgan fingerprint density at radius 2 is 1.41 bits per heavy atom. The summed E-state index contributed by atoms with van der Waals surface area (Å²) >= 11 is 3.31. The maximum absolute atomic E-state index is 11.2. The van der Waals surface area contributed by atoms with Crippen LogP contribution >= 0.6 is 39.9 Å². The topological polar surface area (TPSA) is 88.2 Å². The number of rotatable bonds is 12. The molecule has 2 aromatic heterocycles. The molecule has 0 saturated carbocycles. The van der Waals surface area contributed by atoms with E-state index in [0.29, 0.717) is 29.6 Å². The van der Waals surface area contributed by atoms with Gasteiger partial charge in [-0.05, 0) is 28.0 Å². The second-order valence-electron chi connectivity index (χ2n) is 10.4. The van der Waals surface area contributed by atoms with Crippen molar-refractivity contribution in [3.8, 4) is 0 Å². The molecule has 2 rings (SSSR count). The number of nitrogens with zero attached hydrogens (tertiary/aromatic N) is 4. The minimum absolute atomic E-state index is 0. The number of imidazole rings is 2. The molecule has 0 aliphatic rings. The van der Waals surface area contributed by atoms with Crippen molar-refractivity contribution >= 4 is 67.6 Å². The lowest BCUT2D eigenvalue weighted by atomic mass is 10.3. The smallest absolute Gasteiger partial charge is 0.179 e. The van der Waals surface area contributed by atoms with E-state index in [0.717, 1.165) is 25.3 Å². The van der Waals surface area contributed by atoms with Crippen LogP contribution in [-0.2, 0) is 22.9 Å². The normalized spacial score (nSPS) is 11.4. The first-order valence-electron chi connectivity index (χ1n) is 11.1. The van der Waals surface area contributed by atoms with Crippen molar-refractivity contribution in [3.05, 3.63) is 34.8 Å².